The molecule has 0 saturated carbocycles. The molecule has 6 nitrogen and oxygen atoms in total. The molecule has 1 aliphatic carbocycles. The van der Waals surface area contributed by atoms with Crippen LogP contribution >= 0.6 is 0 Å². The molecule has 1 amide bonds. The zero-order valence-electron chi connectivity index (χ0n) is 16.9. The number of carbonyl (C=O) groups is 1. The van der Waals surface area contributed by atoms with Crippen molar-refractivity contribution < 1.29 is 13.9 Å². The first-order chi connectivity index (χ1) is 15.1. The van der Waals surface area contributed by atoms with E-state index < -0.39 is 5.63 Å². The van der Waals surface area contributed by atoms with Crippen LogP contribution in [0.15, 0.2) is 75.9 Å². The third-order valence-corrected chi connectivity index (χ3v) is 5.51. The van der Waals surface area contributed by atoms with Crippen LogP contribution in [0, 0.1) is 6.92 Å². The number of hydrogen-bond donors (Lipinski definition) is 1. The minimum Gasteiger partial charge on any atom is -0.406 e. The van der Waals surface area contributed by atoms with Gasteiger partial charge in [0.2, 0.25) is 11.8 Å². The van der Waals surface area contributed by atoms with Gasteiger partial charge in [-0.15, -0.1) is 0 Å². The largest absolute Gasteiger partial charge is 0.406 e. The second-order valence-corrected chi connectivity index (χ2v) is 7.51. The van der Waals surface area contributed by atoms with Crippen LogP contribution in [-0.2, 0) is 16.1 Å². The van der Waals surface area contributed by atoms with Gasteiger partial charge in [0, 0.05) is 0 Å². The van der Waals surface area contributed by atoms with E-state index in [4.69, 9.17) is 9.15 Å². The van der Waals surface area contributed by atoms with Crippen LogP contribution in [-0.4, -0.2) is 17.5 Å². The molecule has 0 atom stereocenters. The summed E-state index contributed by atoms with van der Waals surface area (Å²) in [6.45, 7) is 1.72. The van der Waals surface area contributed by atoms with Crippen LogP contribution in [0.25, 0.3) is 22.0 Å². The number of aromatic nitrogens is 1. The molecule has 3 aromatic carbocycles. The van der Waals surface area contributed by atoms with Gasteiger partial charge in [-0.2, -0.15) is 0 Å². The lowest BCUT2D eigenvalue weighted by atomic mass is 10.1. The average Bonchev–Trinajstić information content (AvgIpc) is 3.10. The van der Waals surface area contributed by atoms with Crippen LogP contribution < -0.4 is 10.9 Å². The zero-order chi connectivity index (χ0) is 21.4. The quantitative estimate of drug-likeness (QED) is 0.538. The molecule has 1 N–H and O–H groups in total. The summed E-state index contributed by atoms with van der Waals surface area (Å²) in [5.74, 6) is -0.149. The van der Waals surface area contributed by atoms with E-state index in [1.165, 1.54) is 0 Å². The Morgan fingerprint density at radius 1 is 1.00 bits per heavy atom. The minimum absolute atomic E-state index is 0.0131. The van der Waals surface area contributed by atoms with Crippen molar-refractivity contribution in [3.8, 4) is 11.1 Å². The van der Waals surface area contributed by atoms with Crippen molar-refractivity contribution in [3.05, 3.63) is 99.7 Å². The first kappa shape index (κ1) is 19.2. The molecule has 6 heteroatoms. The molecule has 0 fully saturated rings. The van der Waals surface area contributed by atoms with Crippen LogP contribution in [0.1, 0.15) is 28.7 Å². The fourth-order valence-corrected chi connectivity index (χ4v) is 4.07. The maximum absolute atomic E-state index is 12.4. The Balaban J connectivity index is 1.27. The summed E-state index contributed by atoms with van der Waals surface area (Å²) in [6.07, 6.45) is -0.294. The predicted molar refractivity (Wildman–Crippen MR) is 117 cm³/mol. The van der Waals surface area contributed by atoms with Gasteiger partial charge in [-0.05, 0) is 40.8 Å². The van der Waals surface area contributed by atoms with Gasteiger partial charge < -0.3 is 14.5 Å². The lowest BCUT2D eigenvalue weighted by Gasteiger charge is -2.14. The Morgan fingerprint density at radius 2 is 1.68 bits per heavy atom. The second-order valence-electron chi connectivity index (χ2n) is 7.51. The fourth-order valence-electron chi connectivity index (χ4n) is 4.07. The summed E-state index contributed by atoms with van der Waals surface area (Å²) < 4.78 is 11.3. The van der Waals surface area contributed by atoms with Crippen LogP contribution in [0.5, 0.6) is 0 Å². The molecule has 1 aliphatic rings. The molecule has 1 aromatic heterocycles. The van der Waals surface area contributed by atoms with E-state index in [2.05, 4.69) is 22.4 Å². The van der Waals surface area contributed by atoms with E-state index >= 15 is 0 Å². The van der Waals surface area contributed by atoms with E-state index in [0.29, 0.717) is 10.9 Å². The number of nitrogens with one attached hydrogen (secondary N) is 1. The standard InChI is InChI=1S/C25H20N2O4/c1-15-7-6-12-20-23(15)25(29)31-22(27-20)13-26-21(28)14-30-24-18-10-4-2-8-16(18)17-9-3-5-11-19(17)24/h2-12,24H,13-14H2,1H3,(H,26,28). The minimum atomic E-state index is -0.456. The molecule has 0 aliphatic heterocycles. The SMILES string of the molecule is Cc1cccc2nc(CNC(=O)COC3c4ccccc4-c4ccccc43)oc(=O)c12. The van der Waals surface area contributed by atoms with Crippen LogP contribution in [0.2, 0.25) is 0 Å². The number of rotatable bonds is 5. The summed E-state index contributed by atoms with van der Waals surface area (Å²) in [6, 6.07) is 21.5. The molecular weight excluding hydrogens is 392 g/mol. The van der Waals surface area contributed by atoms with Crippen LogP contribution in [0.3, 0.4) is 0 Å². The van der Waals surface area contributed by atoms with E-state index in [-0.39, 0.29) is 31.1 Å². The summed E-state index contributed by atoms with van der Waals surface area (Å²) in [4.78, 5) is 29.0. The van der Waals surface area contributed by atoms with E-state index in [1.54, 1.807) is 6.07 Å². The highest BCUT2D eigenvalue weighted by molar-refractivity contribution is 5.81. The number of fused-ring (bicyclic) bond motifs is 4. The topological polar surface area (TPSA) is 81.4 Å². The van der Waals surface area contributed by atoms with Gasteiger partial charge in [-0.25, -0.2) is 9.78 Å². The monoisotopic (exact) mass is 412 g/mol. The lowest BCUT2D eigenvalue weighted by Crippen LogP contribution is -2.28. The Labute approximate surface area is 178 Å². The summed E-state index contributed by atoms with van der Waals surface area (Å²) in [7, 11) is 0. The van der Waals surface area contributed by atoms with Crippen molar-refractivity contribution in [2.45, 2.75) is 19.6 Å². The van der Waals surface area contributed by atoms with Gasteiger partial charge in [0.15, 0.2) is 0 Å². The molecule has 0 spiro atoms. The Morgan fingerprint density at radius 3 is 2.39 bits per heavy atom. The van der Waals surface area contributed by atoms with Crippen molar-refractivity contribution in [2.24, 2.45) is 0 Å². The molecule has 154 valence electrons. The summed E-state index contributed by atoms with van der Waals surface area (Å²) in [5, 5.41) is 3.18. The molecule has 5 rings (SSSR count). The zero-order valence-corrected chi connectivity index (χ0v) is 16.9. The smallest absolute Gasteiger partial charge is 0.347 e. The van der Waals surface area contributed by atoms with Gasteiger partial charge in [-0.1, -0.05) is 60.7 Å². The third kappa shape index (κ3) is 3.51. The first-order valence-electron chi connectivity index (χ1n) is 10.1. The van der Waals surface area contributed by atoms with Gasteiger partial charge in [-0.3, -0.25) is 4.79 Å². The number of nitrogens with zero attached hydrogens (tertiary/aromatic N) is 1. The third-order valence-electron chi connectivity index (χ3n) is 5.51. The Kier molecular flexibility index (Phi) is 4.84. The number of amides is 1. The fraction of sp³-hybridized carbons (Fsp3) is 0.160. The Bertz CT molecular complexity index is 1310. The number of hydrogen-bond acceptors (Lipinski definition) is 5. The number of ether oxygens (including phenoxy) is 1. The van der Waals surface area contributed by atoms with Crippen LogP contribution in [0.4, 0.5) is 0 Å². The second kappa shape index (κ2) is 7.81. The molecule has 0 bridgehead atoms. The van der Waals surface area contributed by atoms with E-state index in [9.17, 15) is 9.59 Å². The number of benzene rings is 3. The summed E-state index contributed by atoms with van der Waals surface area (Å²) >= 11 is 0. The molecule has 4 aromatic rings. The predicted octanol–water partition coefficient (Wildman–Crippen LogP) is 3.90. The van der Waals surface area contributed by atoms with Crippen molar-refractivity contribution in [3.63, 3.8) is 0 Å². The Hall–Kier alpha value is -3.77. The molecular formula is C25H20N2O4. The molecule has 0 radical (unpaired) electrons. The average molecular weight is 412 g/mol. The van der Waals surface area contributed by atoms with Gasteiger partial charge in [0.25, 0.3) is 0 Å². The maximum atomic E-state index is 12.4. The van der Waals surface area contributed by atoms with E-state index in [0.717, 1.165) is 27.8 Å². The van der Waals surface area contributed by atoms with Gasteiger partial charge in [0.1, 0.15) is 12.7 Å². The van der Waals surface area contributed by atoms with Gasteiger partial charge >= 0.3 is 5.63 Å². The highest BCUT2D eigenvalue weighted by atomic mass is 16.5. The van der Waals surface area contributed by atoms with Crippen molar-refractivity contribution in [2.75, 3.05) is 6.61 Å². The highest BCUT2D eigenvalue weighted by Gasteiger charge is 2.29. The normalized spacial score (nSPS) is 12.5. The van der Waals surface area contributed by atoms with E-state index in [1.807, 2.05) is 55.5 Å². The van der Waals surface area contributed by atoms with Gasteiger partial charge in [0.05, 0.1) is 17.4 Å². The number of carbonyl (C=O) groups excluding carboxylic acids is 1. The molecule has 31 heavy (non-hydrogen) atoms. The number of aryl methyl sites for hydroxylation is 1. The molecule has 0 unspecified atom stereocenters. The molecule has 1 heterocycles. The van der Waals surface area contributed by atoms with Crippen molar-refractivity contribution in [1.29, 1.82) is 0 Å². The summed E-state index contributed by atoms with van der Waals surface area (Å²) in [5.41, 5.74) is 5.25. The highest BCUT2D eigenvalue weighted by Crippen LogP contribution is 2.44. The lowest BCUT2D eigenvalue weighted by molar-refractivity contribution is -0.127. The maximum Gasteiger partial charge on any atom is 0.347 e. The molecule has 0 saturated heterocycles. The van der Waals surface area contributed by atoms with Crippen molar-refractivity contribution >= 4 is 16.8 Å². The van der Waals surface area contributed by atoms with Crippen molar-refractivity contribution in [1.82, 2.24) is 10.3 Å². The first-order valence-corrected chi connectivity index (χ1v) is 10.1.